The topological polar surface area (TPSA) is 101 Å². The summed E-state index contributed by atoms with van der Waals surface area (Å²) in [6, 6.07) is 6.58. The van der Waals surface area contributed by atoms with Gasteiger partial charge >= 0.3 is 0 Å². The molecule has 0 atom stereocenters. The third-order valence-corrected chi connectivity index (χ3v) is 4.02. The van der Waals surface area contributed by atoms with Crippen molar-refractivity contribution in [3.63, 3.8) is 0 Å². The van der Waals surface area contributed by atoms with Crippen molar-refractivity contribution < 1.29 is 10.0 Å². The zero-order valence-electron chi connectivity index (χ0n) is 11.7. The SMILES string of the molecule is CC(C)(NC(=O)c1cccc(/C(N)=N/O)c1)c1nccs1. The van der Waals surface area contributed by atoms with E-state index in [9.17, 15) is 4.79 Å². The third-order valence-electron chi connectivity index (χ3n) is 2.92. The van der Waals surface area contributed by atoms with Gasteiger partial charge in [-0.15, -0.1) is 11.3 Å². The summed E-state index contributed by atoms with van der Waals surface area (Å²) in [7, 11) is 0. The fraction of sp³-hybridized carbons (Fsp3) is 0.214. The fourth-order valence-corrected chi connectivity index (χ4v) is 2.54. The zero-order valence-corrected chi connectivity index (χ0v) is 12.5. The smallest absolute Gasteiger partial charge is 0.252 e. The van der Waals surface area contributed by atoms with Crippen molar-refractivity contribution in [2.75, 3.05) is 0 Å². The Balaban J connectivity index is 2.21. The van der Waals surface area contributed by atoms with E-state index < -0.39 is 5.54 Å². The maximum atomic E-state index is 12.3. The van der Waals surface area contributed by atoms with E-state index in [1.807, 2.05) is 19.2 Å². The number of amidine groups is 1. The predicted molar refractivity (Wildman–Crippen MR) is 81.6 cm³/mol. The van der Waals surface area contributed by atoms with E-state index in [-0.39, 0.29) is 11.7 Å². The van der Waals surface area contributed by atoms with Crippen molar-refractivity contribution in [1.29, 1.82) is 0 Å². The average Bonchev–Trinajstić information content (AvgIpc) is 3.01. The van der Waals surface area contributed by atoms with Gasteiger partial charge in [-0.1, -0.05) is 17.3 Å². The van der Waals surface area contributed by atoms with Gasteiger partial charge < -0.3 is 16.3 Å². The first-order chi connectivity index (χ1) is 9.94. The number of nitrogens with zero attached hydrogens (tertiary/aromatic N) is 2. The summed E-state index contributed by atoms with van der Waals surface area (Å²) in [6.45, 7) is 3.77. The molecule has 2 rings (SSSR count). The van der Waals surface area contributed by atoms with E-state index in [4.69, 9.17) is 10.9 Å². The van der Waals surface area contributed by atoms with Crippen molar-refractivity contribution in [3.8, 4) is 0 Å². The summed E-state index contributed by atoms with van der Waals surface area (Å²) in [6.07, 6.45) is 1.70. The van der Waals surface area contributed by atoms with E-state index in [2.05, 4.69) is 15.5 Å². The van der Waals surface area contributed by atoms with Crippen LogP contribution in [-0.4, -0.2) is 21.9 Å². The number of rotatable bonds is 4. The molecule has 0 bridgehead atoms. The van der Waals surface area contributed by atoms with Crippen LogP contribution in [0.1, 0.15) is 34.8 Å². The van der Waals surface area contributed by atoms with Gasteiger partial charge in [0.15, 0.2) is 5.84 Å². The minimum absolute atomic E-state index is 0.0381. The Morgan fingerprint density at radius 2 is 2.14 bits per heavy atom. The number of benzene rings is 1. The van der Waals surface area contributed by atoms with Crippen LogP contribution in [0.2, 0.25) is 0 Å². The highest BCUT2D eigenvalue weighted by atomic mass is 32.1. The van der Waals surface area contributed by atoms with E-state index in [0.29, 0.717) is 11.1 Å². The molecule has 0 saturated carbocycles. The largest absolute Gasteiger partial charge is 0.409 e. The maximum Gasteiger partial charge on any atom is 0.252 e. The molecule has 0 aliphatic heterocycles. The highest BCUT2D eigenvalue weighted by molar-refractivity contribution is 7.09. The molecule has 4 N–H and O–H groups in total. The van der Waals surface area contributed by atoms with Crippen LogP contribution < -0.4 is 11.1 Å². The first kappa shape index (κ1) is 15.0. The van der Waals surface area contributed by atoms with Crippen LogP contribution in [0.25, 0.3) is 0 Å². The van der Waals surface area contributed by atoms with Gasteiger partial charge in [0, 0.05) is 22.7 Å². The molecule has 1 heterocycles. The van der Waals surface area contributed by atoms with Crippen molar-refractivity contribution >= 4 is 23.1 Å². The van der Waals surface area contributed by atoms with E-state index >= 15 is 0 Å². The highest BCUT2D eigenvalue weighted by Gasteiger charge is 2.26. The fourth-order valence-electron chi connectivity index (χ4n) is 1.82. The number of amides is 1. The quantitative estimate of drug-likeness (QED) is 0.347. The Morgan fingerprint density at radius 1 is 1.43 bits per heavy atom. The molecule has 0 unspecified atom stereocenters. The molecular weight excluding hydrogens is 288 g/mol. The Morgan fingerprint density at radius 3 is 2.76 bits per heavy atom. The van der Waals surface area contributed by atoms with Crippen LogP contribution in [0.5, 0.6) is 0 Å². The summed E-state index contributed by atoms with van der Waals surface area (Å²) >= 11 is 1.48. The summed E-state index contributed by atoms with van der Waals surface area (Å²) < 4.78 is 0. The van der Waals surface area contributed by atoms with Crippen molar-refractivity contribution in [3.05, 3.63) is 52.0 Å². The molecule has 1 aromatic carbocycles. The molecule has 0 aliphatic carbocycles. The van der Waals surface area contributed by atoms with Gasteiger partial charge in [0.05, 0.1) is 5.54 Å². The van der Waals surface area contributed by atoms with E-state index in [1.54, 1.807) is 30.5 Å². The monoisotopic (exact) mass is 304 g/mol. The number of nitrogens with two attached hydrogens (primary N) is 1. The first-order valence-corrected chi connectivity index (χ1v) is 7.12. The molecule has 0 spiro atoms. The minimum atomic E-state index is -0.572. The van der Waals surface area contributed by atoms with Crippen LogP contribution in [0.3, 0.4) is 0 Å². The minimum Gasteiger partial charge on any atom is -0.409 e. The molecule has 0 radical (unpaired) electrons. The molecular formula is C14H16N4O2S. The Labute approximate surface area is 126 Å². The summed E-state index contributed by atoms with van der Waals surface area (Å²) in [5.74, 6) is -0.286. The number of hydrogen-bond acceptors (Lipinski definition) is 5. The van der Waals surface area contributed by atoms with Crippen molar-refractivity contribution in [2.24, 2.45) is 10.9 Å². The Hall–Kier alpha value is -2.41. The number of aromatic nitrogens is 1. The first-order valence-electron chi connectivity index (χ1n) is 6.24. The van der Waals surface area contributed by atoms with Crippen LogP contribution in [0.4, 0.5) is 0 Å². The van der Waals surface area contributed by atoms with Crippen LogP contribution in [0.15, 0.2) is 41.0 Å². The second-order valence-corrected chi connectivity index (χ2v) is 5.88. The van der Waals surface area contributed by atoms with Crippen molar-refractivity contribution in [2.45, 2.75) is 19.4 Å². The lowest BCUT2D eigenvalue weighted by Gasteiger charge is -2.23. The number of nitrogens with one attached hydrogen (secondary N) is 1. The molecule has 2 aromatic rings. The van der Waals surface area contributed by atoms with Gasteiger partial charge in [-0.2, -0.15) is 0 Å². The van der Waals surface area contributed by atoms with E-state index in [0.717, 1.165) is 5.01 Å². The standard InChI is InChI=1S/C14H16N4O2S/c1-14(2,13-16-6-7-21-13)17-12(19)10-5-3-4-9(8-10)11(15)18-20/h3-8,20H,1-2H3,(H2,15,18)(H,17,19). The number of hydrogen-bond donors (Lipinski definition) is 3. The van der Waals surface area contributed by atoms with Crippen LogP contribution in [-0.2, 0) is 5.54 Å². The van der Waals surface area contributed by atoms with Gasteiger partial charge in [0.2, 0.25) is 0 Å². The highest BCUT2D eigenvalue weighted by Crippen LogP contribution is 2.22. The van der Waals surface area contributed by atoms with Gasteiger partial charge in [-0.25, -0.2) is 4.98 Å². The molecule has 1 amide bonds. The lowest BCUT2D eigenvalue weighted by molar-refractivity contribution is 0.0912. The molecule has 0 saturated heterocycles. The van der Waals surface area contributed by atoms with E-state index in [1.165, 1.54) is 11.3 Å². The molecule has 21 heavy (non-hydrogen) atoms. The summed E-state index contributed by atoms with van der Waals surface area (Å²) in [4.78, 5) is 16.6. The van der Waals surface area contributed by atoms with Crippen LogP contribution in [0, 0.1) is 0 Å². The molecule has 1 aromatic heterocycles. The molecule has 0 aliphatic rings. The summed E-state index contributed by atoms with van der Waals surface area (Å²) in [5.41, 5.74) is 5.87. The lowest BCUT2D eigenvalue weighted by atomic mass is 10.0. The second-order valence-electron chi connectivity index (χ2n) is 4.98. The predicted octanol–water partition coefficient (Wildman–Crippen LogP) is 1.90. The number of carbonyl (C=O) groups is 1. The van der Waals surface area contributed by atoms with Gasteiger partial charge in [0.1, 0.15) is 5.01 Å². The van der Waals surface area contributed by atoms with Gasteiger partial charge in [0.25, 0.3) is 5.91 Å². The lowest BCUT2D eigenvalue weighted by Crippen LogP contribution is -2.41. The third kappa shape index (κ3) is 3.38. The number of oxime groups is 1. The molecule has 6 nitrogen and oxygen atoms in total. The van der Waals surface area contributed by atoms with Crippen molar-refractivity contribution in [1.82, 2.24) is 10.3 Å². The zero-order chi connectivity index (χ0) is 15.5. The van der Waals surface area contributed by atoms with Crippen LogP contribution >= 0.6 is 11.3 Å². The molecule has 7 heteroatoms. The summed E-state index contributed by atoms with van der Waals surface area (Å²) in [5, 5.41) is 17.2. The Bertz CT molecular complexity index is 665. The van der Waals surface area contributed by atoms with Gasteiger partial charge in [-0.05, 0) is 26.0 Å². The van der Waals surface area contributed by atoms with Gasteiger partial charge in [-0.3, -0.25) is 4.79 Å². The Kier molecular flexibility index (Phi) is 4.23. The average molecular weight is 304 g/mol. The number of thiazole rings is 1. The molecule has 110 valence electrons. The maximum absolute atomic E-state index is 12.3. The normalized spacial score (nSPS) is 12.2. The molecule has 0 fully saturated rings. The number of carbonyl (C=O) groups excluding carboxylic acids is 1. The second kappa shape index (κ2) is 5.92.